The summed E-state index contributed by atoms with van der Waals surface area (Å²) in [6.07, 6.45) is 5.35. The maximum absolute atomic E-state index is 13.0. The van der Waals surface area contributed by atoms with Gasteiger partial charge in [-0.05, 0) is 36.6 Å². The molecule has 3 heterocycles. The third-order valence-corrected chi connectivity index (χ3v) is 5.47. The van der Waals surface area contributed by atoms with E-state index < -0.39 is 0 Å². The molecule has 1 aliphatic heterocycles. The van der Waals surface area contributed by atoms with E-state index in [0.717, 1.165) is 28.5 Å². The van der Waals surface area contributed by atoms with Crippen molar-refractivity contribution in [2.75, 3.05) is 18.4 Å². The average molecular weight is 386 g/mol. The molecular formula is C19H19FN4O2S. The summed E-state index contributed by atoms with van der Waals surface area (Å²) in [5.74, 6) is -0.226. The highest BCUT2D eigenvalue weighted by Crippen LogP contribution is 2.23. The third kappa shape index (κ3) is 4.33. The van der Waals surface area contributed by atoms with Crippen LogP contribution in [-0.4, -0.2) is 40.1 Å². The van der Waals surface area contributed by atoms with Crippen molar-refractivity contribution in [2.45, 2.75) is 25.3 Å². The summed E-state index contributed by atoms with van der Waals surface area (Å²) in [4.78, 5) is 14.2. The van der Waals surface area contributed by atoms with Crippen molar-refractivity contribution in [2.24, 2.45) is 0 Å². The summed E-state index contributed by atoms with van der Waals surface area (Å²) in [6, 6.07) is 8.39. The minimum Gasteiger partial charge on any atom is -0.472 e. The number of benzene rings is 1. The molecule has 0 saturated carbocycles. The molecule has 1 amide bonds. The van der Waals surface area contributed by atoms with Crippen LogP contribution in [0.5, 0.6) is 0 Å². The molecule has 1 saturated heterocycles. The summed E-state index contributed by atoms with van der Waals surface area (Å²) in [5, 5.41) is 13.5. The smallest absolute Gasteiger partial charge is 0.257 e. The number of aromatic nitrogens is 2. The maximum atomic E-state index is 13.0. The standard InChI is InChI=1S/C19H19FN4O2S/c20-15-3-1-13(2-4-15)11-17-22-23-19(27-17)21-16-5-8-24(9-6-16)18(25)14-7-10-26-12-14/h1-4,7,10,12,16H,5-6,8-9,11H2,(H,21,23). The molecule has 1 aromatic carbocycles. The van der Waals surface area contributed by atoms with Crippen LogP contribution in [0.25, 0.3) is 0 Å². The Morgan fingerprint density at radius 1 is 1.22 bits per heavy atom. The number of likely N-dealkylation sites (tertiary alicyclic amines) is 1. The van der Waals surface area contributed by atoms with Crippen molar-refractivity contribution >= 4 is 22.4 Å². The number of nitrogens with one attached hydrogen (secondary N) is 1. The number of halogens is 1. The number of hydrogen-bond acceptors (Lipinski definition) is 6. The van der Waals surface area contributed by atoms with Crippen molar-refractivity contribution in [3.63, 3.8) is 0 Å². The van der Waals surface area contributed by atoms with Gasteiger partial charge in [0.25, 0.3) is 5.91 Å². The lowest BCUT2D eigenvalue weighted by Gasteiger charge is -2.32. The number of carbonyl (C=O) groups is 1. The fourth-order valence-corrected chi connectivity index (χ4v) is 3.98. The van der Waals surface area contributed by atoms with Crippen LogP contribution in [0.2, 0.25) is 0 Å². The highest BCUT2D eigenvalue weighted by Gasteiger charge is 2.24. The Kier molecular flexibility index (Phi) is 5.15. The minimum absolute atomic E-state index is 0.0136. The number of piperidine rings is 1. The SMILES string of the molecule is O=C(c1ccoc1)N1CCC(Nc2nnc(Cc3ccc(F)cc3)s2)CC1. The van der Waals surface area contributed by atoms with Crippen LogP contribution in [0.15, 0.2) is 47.3 Å². The number of nitrogens with zero attached hydrogens (tertiary/aromatic N) is 3. The minimum atomic E-state index is -0.240. The van der Waals surface area contributed by atoms with Gasteiger partial charge < -0.3 is 14.6 Å². The molecule has 0 atom stereocenters. The monoisotopic (exact) mass is 386 g/mol. The number of amides is 1. The maximum Gasteiger partial charge on any atom is 0.257 e. The number of furan rings is 1. The second-order valence-electron chi connectivity index (χ2n) is 6.53. The van der Waals surface area contributed by atoms with Crippen LogP contribution in [0, 0.1) is 5.82 Å². The van der Waals surface area contributed by atoms with Gasteiger partial charge in [0.2, 0.25) is 5.13 Å². The zero-order chi connectivity index (χ0) is 18.6. The Hall–Kier alpha value is -2.74. The van der Waals surface area contributed by atoms with E-state index in [9.17, 15) is 9.18 Å². The van der Waals surface area contributed by atoms with Gasteiger partial charge in [-0.25, -0.2) is 4.39 Å². The van der Waals surface area contributed by atoms with E-state index in [0.29, 0.717) is 25.1 Å². The van der Waals surface area contributed by atoms with E-state index in [1.54, 1.807) is 18.2 Å². The van der Waals surface area contributed by atoms with Crippen LogP contribution in [0.4, 0.5) is 9.52 Å². The quantitative estimate of drug-likeness (QED) is 0.726. The largest absolute Gasteiger partial charge is 0.472 e. The second kappa shape index (κ2) is 7.87. The van der Waals surface area contributed by atoms with Crippen molar-refractivity contribution in [1.82, 2.24) is 15.1 Å². The van der Waals surface area contributed by atoms with Gasteiger partial charge in [0, 0.05) is 25.6 Å². The first kappa shape index (κ1) is 17.7. The van der Waals surface area contributed by atoms with Crippen molar-refractivity contribution < 1.29 is 13.6 Å². The summed E-state index contributed by atoms with van der Waals surface area (Å²) >= 11 is 1.51. The number of carbonyl (C=O) groups excluding carboxylic acids is 1. The van der Waals surface area contributed by atoms with Gasteiger partial charge in [0.05, 0.1) is 11.8 Å². The Morgan fingerprint density at radius 3 is 2.70 bits per heavy atom. The van der Waals surface area contributed by atoms with Crippen molar-refractivity contribution in [3.05, 3.63) is 64.8 Å². The van der Waals surface area contributed by atoms with Gasteiger partial charge in [-0.2, -0.15) is 0 Å². The first-order valence-electron chi connectivity index (χ1n) is 8.82. The number of rotatable bonds is 5. The molecule has 3 aromatic rings. The highest BCUT2D eigenvalue weighted by atomic mass is 32.1. The molecule has 1 fully saturated rings. The third-order valence-electron chi connectivity index (χ3n) is 4.61. The van der Waals surface area contributed by atoms with Gasteiger partial charge in [-0.15, -0.1) is 10.2 Å². The predicted octanol–water partition coefficient (Wildman–Crippen LogP) is 3.58. The van der Waals surface area contributed by atoms with E-state index in [2.05, 4.69) is 15.5 Å². The molecule has 1 N–H and O–H groups in total. The van der Waals surface area contributed by atoms with Gasteiger partial charge in [0.15, 0.2) is 0 Å². The fourth-order valence-electron chi connectivity index (χ4n) is 3.13. The van der Waals surface area contributed by atoms with Crippen LogP contribution in [0.3, 0.4) is 0 Å². The molecule has 6 nitrogen and oxygen atoms in total. The van der Waals surface area contributed by atoms with E-state index in [1.807, 2.05) is 4.90 Å². The number of anilines is 1. The topological polar surface area (TPSA) is 71.3 Å². The molecule has 0 unspecified atom stereocenters. The molecular weight excluding hydrogens is 367 g/mol. The summed E-state index contributed by atoms with van der Waals surface area (Å²) in [7, 11) is 0. The molecule has 0 bridgehead atoms. The van der Waals surface area contributed by atoms with E-state index in [4.69, 9.17) is 4.42 Å². The van der Waals surface area contributed by atoms with Crippen LogP contribution >= 0.6 is 11.3 Å². The molecule has 4 rings (SSSR count). The molecule has 0 spiro atoms. The van der Waals surface area contributed by atoms with E-state index >= 15 is 0 Å². The lowest BCUT2D eigenvalue weighted by atomic mass is 10.0. The van der Waals surface area contributed by atoms with Gasteiger partial charge in [0.1, 0.15) is 17.1 Å². The average Bonchev–Trinajstić information content (AvgIpc) is 3.36. The second-order valence-corrected chi connectivity index (χ2v) is 7.59. The highest BCUT2D eigenvalue weighted by molar-refractivity contribution is 7.15. The Balaban J connectivity index is 1.29. The molecule has 0 radical (unpaired) electrons. The van der Waals surface area contributed by atoms with Gasteiger partial charge in [-0.3, -0.25) is 4.79 Å². The Bertz CT molecular complexity index is 887. The molecule has 1 aliphatic rings. The molecule has 27 heavy (non-hydrogen) atoms. The normalized spacial score (nSPS) is 15.1. The molecule has 0 aliphatic carbocycles. The zero-order valence-electron chi connectivity index (χ0n) is 14.6. The lowest BCUT2D eigenvalue weighted by Crippen LogP contribution is -2.42. The molecule has 140 valence electrons. The van der Waals surface area contributed by atoms with Crippen LogP contribution in [-0.2, 0) is 6.42 Å². The van der Waals surface area contributed by atoms with Crippen LogP contribution < -0.4 is 5.32 Å². The van der Waals surface area contributed by atoms with Crippen LogP contribution in [0.1, 0.15) is 33.8 Å². The summed E-state index contributed by atoms with van der Waals surface area (Å²) in [5.41, 5.74) is 1.60. The first-order chi connectivity index (χ1) is 13.2. The lowest BCUT2D eigenvalue weighted by molar-refractivity contribution is 0.0718. The summed E-state index contributed by atoms with van der Waals surface area (Å²) in [6.45, 7) is 1.39. The van der Waals surface area contributed by atoms with Crippen molar-refractivity contribution in [3.8, 4) is 0 Å². The Morgan fingerprint density at radius 2 is 2.00 bits per heavy atom. The molecule has 8 heteroatoms. The summed E-state index contributed by atoms with van der Waals surface area (Å²) < 4.78 is 18.0. The van der Waals surface area contributed by atoms with Gasteiger partial charge >= 0.3 is 0 Å². The predicted molar refractivity (Wildman–Crippen MR) is 100 cm³/mol. The van der Waals surface area contributed by atoms with E-state index in [1.165, 1.54) is 36.0 Å². The molecule has 2 aromatic heterocycles. The number of hydrogen-bond donors (Lipinski definition) is 1. The van der Waals surface area contributed by atoms with E-state index in [-0.39, 0.29) is 17.8 Å². The Labute approximate surface area is 160 Å². The van der Waals surface area contributed by atoms with Gasteiger partial charge in [-0.1, -0.05) is 23.5 Å². The van der Waals surface area contributed by atoms with Crippen molar-refractivity contribution in [1.29, 1.82) is 0 Å². The fraction of sp³-hybridized carbons (Fsp3) is 0.316. The first-order valence-corrected chi connectivity index (χ1v) is 9.64. The zero-order valence-corrected chi connectivity index (χ0v) is 15.4.